The van der Waals surface area contributed by atoms with Crippen LogP contribution in [0.1, 0.15) is 51.9 Å². The molecule has 4 aliphatic rings. The van der Waals surface area contributed by atoms with Gasteiger partial charge in [0.15, 0.2) is 5.79 Å². The maximum absolute atomic E-state index is 10.7. The van der Waals surface area contributed by atoms with Crippen molar-refractivity contribution in [3.05, 3.63) is 11.6 Å². The van der Waals surface area contributed by atoms with E-state index in [1.54, 1.807) is 0 Å². The van der Waals surface area contributed by atoms with Crippen molar-refractivity contribution in [1.82, 2.24) is 0 Å². The number of hydrogen-bond donors (Lipinski definition) is 1. The molecule has 3 nitrogen and oxygen atoms in total. The zero-order chi connectivity index (χ0) is 13.8. The first-order valence-electron chi connectivity index (χ1n) is 8.27. The normalized spacial score (nSPS) is 49.3. The van der Waals surface area contributed by atoms with Crippen molar-refractivity contribution in [2.45, 2.75) is 63.8 Å². The summed E-state index contributed by atoms with van der Waals surface area (Å²) in [6.45, 7) is 3.62. The molecule has 3 aliphatic carbocycles. The second-order valence-corrected chi connectivity index (χ2v) is 7.43. The molecule has 0 aromatic rings. The molecule has 3 heteroatoms. The van der Waals surface area contributed by atoms with E-state index in [4.69, 9.17) is 9.47 Å². The van der Waals surface area contributed by atoms with Crippen LogP contribution < -0.4 is 0 Å². The molecule has 3 unspecified atom stereocenters. The Morgan fingerprint density at radius 3 is 2.80 bits per heavy atom. The highest BCUT2D eigenvalue weighted by molar-refractivity contribution is 5.15. The van der Waals surface area contributed by atoms with Crippen LogP contribution in [0.3, 0.4) is 0 Å². The SMILES string of the molecule is C/C1=C/CC23CCCC(C2C2(CC3)OCCO2)[C@@H](O)C1. The van der Waals surface area contributed by atoms with Crippen LogP contribution in [0.25, 0.3) is 0 Å². The molecule has 0 radical (unpaired) electrons. The first-order chi connectivity index (χ1) is 9.65. The van der Waals surface area contributed by atoms with E-state index in [-0.39, 0.29) is 11.9 Å². The Bertz CT molecular complexity index is 424. The summed E-state index contributed by atoms with van der Waals surface area (Å²) in [7, 11) is 0. The second kappa shape index (κ2) is 4.56. The van der Waals surface area contributed by atoms with E-state index in [1.165, 1.54) is 24.8 Å². The van der Waals surface area contributed by atoms with E-state index in [0.29, 0.717) is 17.3 Å². The predicted octanol–water partition coefficient (Wildman–Crippen LogP) is 3.03. The lowest BCUT2D eigenvalue weighted by Gasteiger charge is -2.50. The van der Waals surface area contributed by atoms with Crippen LogP contribution in [-0.4, -0.2) is 30.2 Å². The van der Waals surface area contributed by atoms with Gasteiger partial charge in [-0.1, -0.05) is 18.1 Å². The van der Waals surface area contributed by atoms with Crippen molar-refractivity contribution >= 4 is 0 Å². The van der Waals surface area contributed by atoms with Crippen molar-refractivity contribution in [3.63, 3.8) is 0 Å². The lowest BCUT2D eigenvalue weighted by atomic mass is 9.58. The lowest BCUT2D eigenvalue weighted by Crippen LogP contribution is -2.51. The third-order valence-electron chi connectivity index (χ3n) is 6.40. The average molecular weight is 278 g/mol. The number of aliphatic hydroxyl groups excluding tert-OH is 1. The van der Waals surface area contributed by atoms with Crippen LogP contribution in [0.4, 0.5) is 0 Å². The molecule has 3 fully saturated rings. The Labute approximate surface area is 121 Å². The largest absolute Gasteiger partial charge is 0.392 e. The molecule has 4 rings (SSSR count). The summed E-state index contributed by atoms with van der Waals surface area (Å²) >= 11 is 0. The standard InChI is InChI=1S/C17H26O3/c1-12-4-6-16-5-2-3-13(14(18)11-12)15(16)17(8-7-16)19-9-10-20-17/h4,13-15,18H,2-3,5-11H2,1H3/b12-4-/t13?,14-,15?,16?/m0/s1. The van der Waals surface area contributed by atoms with E-state index in [0.717, 1.165) is 38.9 Å². The number of hydrogen-bond acceptors (Lipinski definition) is 3. The van der Waals surface area contributed by atoms with E-state index in [2.05, 4.69) is 13.0 Å². The van der Waals surface area contributed by atoms with Crippen molar-refractivity contribution in [2.24, 2.45) is 17.3 Å². The molecule has 1 N–H and O–H groups in total. The van der Waals surface area contributed by atoms with Gasteiger partial charge >= 0.3 is 0 Å². The number of aliphatic hydroxyl groups is 1. The summed E-state index contributed by atoms with van der Waals surface area (Å²) in [5.41, 5.74) is 1.67. The Morgan fingerprint density at radius 1 is 1.20 bits per heavy atom. The van der Waals surface area contributed by atoms with Crippen molar-refractivity contribution in [2.75, 3.05) is 13.2 Å². The zero-order valence-electron chi connectivity index (χ0n) is 12.4. The van der Waals surface area contributed by atoms with Gasteiger partial charge in [0.2, 0.25) is 0 Å². The van der Waals surface area contributed by atoms with Gasteiger partial charge in [-0.25, -0.2) is 0 Å². The predicted molar refractivity (Wildman–Crippen MR) is 76.1 cm³/mol. The fourth-order valence-electron chi connectivity index (χ4n) is 5.60. The van der Waals surface area contributed by atoms with Gasteiger partial charge in [-0.05, 0) is 50.4 Å². The molecule has 0 aromatic heterocycles. The highest BCUT2D eigenvalue weighted by Crippen LogP contribution is 2.64. The Morgan fingerprint density at radius 2 is 2.00 bits per heavy atom. The molecule has 0 amide bonds. The van der Waals surface area contributed by atoms with E-state index < -0.39 is 0 Å². The van der Waals surface area contributed by atoms with E-state index >= 15 is 0 Å². The van der Waals surface area contributed by atoms with Gasteiger partial charge in [0.25, 0.3) is 0 Å². The number of allylic oxidation sites excluding steroid dienone is 1. The summed E-state index contributed by atoms with van der Waals surface area (Å²) in [5.74, 6) is 0.379. The molecule has 1 saturated heterocycles. The van der Waals surface area contributed by atoms with Crippen LogP contribution in [0.2, 0.25) is 0 Å². The quantitative estimate of drug-likeness (QED) is 0.692. The highest BCUT2D eigenvalue weighted by Gasteiger charge is 2.64. The maximum atomic E-state index is 10.7. The summed E-state index contributed by atoms with van der Waals surface area (Å²) < 4.78 is 12.2. The summed E-state index contributed by atoms with van der Waals surface area (Å²) in [5, 5.41) is 10.7. The van der Waals surface area contributed by atoms with Gasteiger partial charge in [-0.15, -0.1) is 0 Å². The fourth-order valence-corrected chi connectivity index (χ4v) is 5.60. The van der Waals surface area contributed by atoms with Crippen LogP contribution in [0.15, 0.2) is 11.6 Å². The third kappa shape index (κ3) is 1.76. The number of ether oxygens (including phenoxy) is 2. The Hall–Kier alpha value is -0.380. The first-order valence-corrected chi connectivity index (χ1v) is 8.27. The molecule has 1 heterocycles. The molecule has 2 bridgehead atoms. The molecule has 1 aliphatic heterocycles. The summed E-state index contributed by atoms with van der Waals surface area (Å²) in [6, 6.07) is 0. The Balaban J connectivity index is 1.78. The Kier molecular flexibility index (Phi) is 3.03. The lowest BCUT2D eigenvalue weighted by molar-refractivity contribution is -0.224. The highest BCUT2D eigenvalue weighted by atomic mass is 16.7. The van der Waals surface area contributed by atoms with E-state index in [9.17, 15) is 5.11 Å². The summed E-state index contributed by atoms with van der Waals surface area (Å²) in [6.07, 6.45) is 10.0. The molecule has 2 saturated carbocycles. The summed E-state index contributed by atoms with van der Waals surface area (Å²) in [4.78, 5) is 0. The maximum Gasteiger partial charge on any atom is 0.172 e. The van der Waals surface area contributed by atoms with Crippen LogP contribution in [-0.2, 0) is 9.47 Å². The van der Waals surface area contributed by atoms with Gasteiger partial charge in [-0.2, -0.15) is 0 Å². The minimum absolute atomic E-state index is 0.223. The molecular weight excluding hydrogens is 252 g/mol. The van der Waals surface area contributed by atoms with E-state index in [1.807, 2.05) is 0 Å². The molecule has 20 heavy (non-hydrogen) atoms. The smallest absolute Gasteiger partial charge is 0.172 e. The fraction of sp³-hybridized carbons (Fsp3) is 0.882. The van der Waals surface area contributed by atoms with Crippen LogP contribution in [0.5, 0.6) is 0 Å². The topological polar surface area (TPSA) is 38.7 Å². The monoisotopic (exact) mass is 278 g/mol. The van der Waals surface area contributed by atoms with Gasteiger partial charge in [0, 0.05) is 12.3 Å². The minimum Gasteiger partial charge on any atom is -0.392 e. The number of rotatable bonds is 0. The van der Waals surface area contributed by atoms with Gasteiger partial charge < -0.3 is 14.6 Å². The van der Waals surface area contributed by atoms with Crippen LogP contribution >= 0.6 is 0 Å². The van der Waals surface area contributed by atoms with Crippen LogP contribution in [0, 0.1) is 17.3 Å². The average Bonchev–Trinajstić information content (AvgIpc) is 3.03. The first kappa shape index (κ1) is 13.3. The van der Waals surface area contributed by atoms with Crippen molar-refractivity contribution < 1.29 is 14.6 Å². The molecule has 0 aromatic carbocycles. The van der Waals surface area contributed by atoms with Gasteiger partial charge in [0.05, 0.1) is 19.3 Å². The zero-order valence-corrected chi connectivity index (χ0v) is 12.4. The molecule has 1 spiro atoms. The third-order valence-corrected chi connectivity index (χ3v) is 6.40. The van der Waals surface area contributed by atoms with Gasteiger partial charge in [-0.3, -0.25) is 0 Å². The second-order valence-electron chi connectivity index (χ2n) is 7.43. The molecular formula is C17H26O3. The van der Waals surface area contributed by atoms with Crippen molar-refractivity contribution in [3.8, 4) is 0 Å². The minimum atomic E-state index is -0.370. The van der Waals surface area contributed by atoms with Gasteiger partial charge in [0.1, 0.15) is 0 Å². The van der Waals surface area contributed by atoms with Crippen molar-refractivity contribution in [1.29, 1.82) is 0 Å². The molecule has 4 atom stereocenters. The molecule has 112 valence electrons.